The molecule has 0 saturated heterocycles. The van der Waals surface area contributed by atoms with Gasteiger partial charge >= 0.3 is 6.18 Å². The number of carbonyl (C=O) groups is 1. The van der Waals surface area contributed by atoms with Crippen LogP contribution < -0.4 is 0 Å². The predicted molar refractivity (Wildman–Crippen MR) is 67.1 cm³/mol. The van der Waals surface area contributed by atoms with E-state index in [1.54, 1.807) is 0 Å². The number of alkyl halides is 3. The lowest BCUT2D eigenvalue weighted by Crippen LogP contribution is -2.30. The van der Waals surface area contributed by atoms with Gasteiger partial charge in [0.2, 0.25) is 0 Å². The summed E-state index contributed by atoms with van der Waals surface area (Å²) in [6.45, 7) is 1.86. The minimum absolute atomic E-state index is 0.0370. The molecule has 19 heavy (non-hydrogen) atoms. The Labute approximate surface area is 114 Å². The summed E-state index contributed by atoms with van der Waals surface area (Å²) in [7, 11) is 0. The molecule has 1 fully saturated rings. The molecule has 0 amide bonds. The Morgan fingerprint density at radius 2 is 2.00 bits per heavy atom. The van der Waals surface area contributed by atoms with Gasteiger partial charge in [-0.3, -0.25) is 4.79 Å². The molecule has 0 aromatic carbocycles. The van der Waals surface area contributed by atoms with E-state index < -0.39 is 12.1 Å². The number of Topliss-reactive ketones (excluding diaryl/α,β-unsaturated/α-hetero) is 1. The van der Waals surface area contributed by atoms with Crippen molar-refractivity contribution in [3.8, 4) is 0 Å². The van der Waals surface area contributed by atoms with Gasteiger partial charge in [0.1, 0.15) is 10.8 Å². The fourth-order valence-corrected chi connectivity index (χ4v) is 3.30. The number of aromatic nitrogens is 1. The molecule has 2 rings (SSSR count). The molecule has 0 radical (unpaired) electrons. The van der Waals surface area contributed by atoms with Crippen molar-refractivity contribution >= 4 is 17.1 Å². The van der Waals surface area contributed by atoms with Crippen molar-refractivity contribution in [2.24, 2.45) is 11.8 Å². The fourth-order valence-electron chi connectivity index (χ4n) is 2.52. The quantitative estimate of drug-likeness (QED) is 0.844. The number of hydrogen-bond donors (Lipinski definition) is 0. The topological polar surface area (TPSA) is 30.0 Å². The van der Waals surface area contributed by atoms with E-state index in [1.165, 1.54) is 11.3 Å². The van der Waals surface area contributed by atoms with Crippen LogP contribution in [-0.4, -0.2) is 16.9 Å². The average molecular weight is 291 g/mol. The van der Waals surface area contributed by atoms with Crippen LogP contribution in [-0.2, 0) is 11.2 Å². The first-order valence-corrected chi connectivity index (χ1v) is 7.24. The lowest BCUT2D eigenvalue weighted by molar-refractivity contribution is -0.184. The molecule has 106 valence electrons. The molecule has 2 nitrogen and oxygen atoms in total. The zero-order valence-corrected chi connectivity index (χ0v) is 11.5. The second kappa shape index (κ2) is 5.61. The standard InChI is InChI=1S/C13H16F3NOS/c1-8-7-19-12(17-8)6-11(18)9-2-4-10(5-3-9)13(14,15)16/h7,9-10H,2-6H2,1H3. The first kappa shape index (κ1) is 14.5. The molecule has 1 aliphatic rings. The number of halogens is 3. The number of aryl methyl sites for hydroxylation is 1. The number of rotatable bonds is 3. The van der Waals surface area contributed by atoms with E-state index in [0.29, 0.717) is 12.8 Å². The van der Waals surface area contributed by atoms with E-state index in [-0.39, 0.29) is 31.0 Å². The van der Waals surface area contributed by atoms with Gasteiger partial charge in [0.25, 0.3) is 0 Å². The Morgan fingerprint density at radius 1 is 1.37 bits per heavy atom. The van der Waals surface area contributed by atoms with Crippen molar-refractivity contribution in [1.82, 2.24) is 4.98 Å². The highest BCUT2D eigenvalue weighted by Gasteiger charge is 2.42. The first-order chi connectivity index (χ1) is 8.86. The Balaban J connectivity index is 1.86. The molecule has 0 bridgehead atoms. The first-order valence-electron chi connectivity index (χ1n) is 6.36. The summed E-state index contributed by atoms with van der Waals surface area (Å²) in [5.41, 5.74) is 0.883. The maximum atomic E-state index is 12.5. The molecule has 1 saturated carbocycles. The maximum Gasteiger partial charge on any atom is 0.391 e. The van der Waals surface area contributed by atoms with Crippen molar-refractivity contribution in [2.45, 2.75) is 45.2 Å². The normalized spacial score (nSPS) is 24.4. The fraction of sp³-hybridized carbons (Fsp3) is 0.692. The van der Waals surface area contributed by atoms with Gasteiger partial charge in [-0.05, 0) is 32.6 Å². The monoisotopic (exact) mass is 291 g/mol. The second-order valence-electron chi connectivity index (χ2n) is 5.12. The molecule has 0 unspecified atom stereocenters. The summed E-state index contributed by atoms with van der Waals surface area (Å²) in [5, 5.41) is 2.64. The Kier molecular flexibility index (Phi) is 4.28. The van der Waals surface area contributed by atoms with E-state index >= 15 is 0 Å². The van der Waals surface area contributed by atoms with Crippen LogP contribution in [0.1, 0.15) is 36.4 Å². The zero-order valence-electron chi connectivity index (χ0n) is 10.7. The number of thiazole rings is 1. The van der Waals surface area contributed by atoms with Gasteiger partial charge in [0.15, 0.2) is 0 Å². The molecule has 0 aliphatic heterocycles. The predicted octanol–water partition coefficient (Wildman–Crippen LogP) is 3.93. The summed E-state index contributed by atoms with van der Waals surface area (Å²) >= 11 is 1.43. The van der Waals surface area contributed by atoms with Crippen molar-refractivity contribution in [1.29, 1.82) is 0 Å². The SMILES string of the molecule is Cc1csc(CC(=O)C2CCC(C(F)(F)F)CC2)n1. The average Bonchev–Trinajstić information content (AvgIpc) is 2.74. The van der Waals surface area contributed by atoms with Crippen molar-refractivity contribution < 1.29 is 18.0 Å². The Bertz CT molecular complexity index is 447. The van der Waals surface area contributed by atoms with Crippen LogP contribution in [0, 0.1) is 18.8 Å². The molecule has 0 N–H and O–H groups in total. The summed E-state index contributed by atoms with van der Waals surface area (Å²) in [4.78, 5) is 16.2. The van der Waals surface area contributed by atoms with E-state index in [0.717, 1.165) is 10.7 Å². The van der Waals surface area contributed by atoms with Crippen molar-refractivity contribution in [3.63, 3.8) is 0 Å². The van der Waals surface area contributed by atoms with Crippen molar-refractivity contribution in [3.05, 3.63) is 16.1 Å². The van der Waals surface area contributed by atoms with Crippen molar-refractivity contribution in [2.75, 3.05) is 0 Å². The Hall–Kier alpha value is -0.910. The lowest BCUT2D eigenvalue weighted by atomic mass is 9.79. The van der Waals surface area contributed by atoms with Gasteiger partial charge in [-0.15, -0.1) is 11.3 Å². The van der Waals surface area contributed by atoms with Gasteiger partial charge in [-0.2, -0.15) is 13.2 Å². The maximum absolute atomic E-state index is 12.5. The van der Waals surface area contributed by atoms with Gasteiger partial charge in [0, 0.05) is 17.0 Å². The minimum Gasteiger partial charge on any atom is -0.299 e. The summed E-state index contributed by atoms with van der Waals surface area (Å²) in [6, 6.07) is 0. The summed E-state index contributed by atoms with van der Waals surface area (Å²) < 4.78 is 37.6. The van der Waals surface area contributed by atoms with Gasteiger partial charge < -0.3 is 0 Å². The lowest BCUT2D eigenvalue weighted by Gasteiger charge is -2.28. The van der Waals surface area contributed by atoms with Crippen LogP contribution in [0.25, 0.3) is 0 Å². The van der Waals surface area contributed by atoms with E-state index in [4.69, 9.17) is 0 Å². The molecule has 1 aliphatic carbocycles. The molecule has 0 atom stereocenters. The third kappa shape index (κ3) is 3.78. The third-order valence-corrected chi connectivity index (χ3v) is 4.60. The molecular weight excluding hydrogens is 275 g/mol. The van der Waals surface area contributed by atoms with E-state index in [1.807, 2.05) is 12.3 Å². The highest BCUT2D eigenvalue weighted by molar-refractivity contribution is 7.09. The van der Waals surface area contributed by atoms with Crippen LogP contribution in [0.4, 0.5) is 13.2 Å². The summed E-state index contributed by atoms with van der Waals surface area (Å²) in [5.74, 6) is -1.41. The molecule has 1 aromatic rings. The van der Waals surface area contributed by atoms with Gasteiger partial charge in [0.05, 0.1) is 12.3 Å². The molecular formula is C13H16F3NOS. The highest BCUT2D eigenvalue weighted by Crippen LogP contribution is 2.39. The van der Waals surface area contributed by atoms with E-state index in [9.17, 15) is 18.0 Å². The van der Waals surface area contributed by atoms with Gasteiger partial charge in [-0.1, -0.05) is 0 Å². The number of carbonyl (C=O) groups excluding carboxylic acids is 1. The van der Waals surface area contributed by atoms with Crippen LogP contribution >= 0.6 is 11.3 Å². The Morgan fingerprint density at radius 3 is 2.47 bits per heavy atom. The molecule has 0 spiro atoms. The molecule has 1 aromatic heterocycles. The van der Waals surface area contributed by atoms with Gasteiger partial charge in [-0.25, -0.2) is 4.98 Å². The van der Waals surface area contributed by atoms with Crippen LogP contribution in [0.3, 0.4) is 0 Å². The minimum atomic E-state index is -4.11. The third-order valence-electron chi connectivity index (χ3n) is 3.64. The zero-order chi connectivity index (χ0) is 14.0. The smallest absolute Gasteiger partial charge is 0.299 e. The number of ketones is 1. The second-order valence-corrected chi connectivity index (χ2v) is 6.06. The highest BCUT2D eigenvalue weighted by atomic mass is 32.1. The van der Waals surface area contributed by atoms with Crippen LogP contribution in [0.15, 0.2) is 5.38 Å². The number of hydrogen-bond acceptors (Lipinski definition) is 3. The van der Waals surface area contributed by atoms with Crippen LogP contribution in [0.2, 0.25) is 0 Å². The largest absolute Gasteiger partial charge is 0.391 e. The summed E-state index contributed by atoms with van der Waals surface area (Å²) in [6.07, 6.45) is -2.98. The van der Waals surface area contributed by atoms with Crippen LogP contribution in [0.5, 0.6) is 0 Å². The van der Waals surface area contributed by atoms with E-state index in [2.05, 4.69) is 4.98 Å². The molecule has 1 heterocycles. The number of nitrogens with zero attached hydrogens (tertiary/aromatic N) is 1. The molecule has 6 heteroatoms.